The summed E-state index contributed by atoms with van der Waals surface area (Å²) in [6.45, 7) is 5.98. The molecule has 2 heterocycles. The van der Waals surface area contributed by atoms with E-state index in [1.165, 1.54) is 4.88 Å². The second kappa shape index (κ2) is 4.46. The molecule has 1 aromatic heterocycles. The predicted octanol–water partition coefficient (Wildman–Crippen LogP) is 4.43. The molecule has 0 radical (unpaired) electrons. The summed E-state index contributed by atoms with van der Waals surface area (Å²) in [5.74, 6) is 1.04. The van der Waals surface area contributed by atoms with Crippen LogP contribution in [0.15, 0.2) is 35.7 Å². The van der Waals surface area contributed by atoms with Crippen molar-refractivity contribution in [3.05, 3.63) is 40.6 Å². The van der Waals surface area contributed by atoms with Gasteiger partial charge < -0.3 is 14.8 Å². The van der Waals surface area contributed by atoms with E-state index < -0.39 is 5.79 Å². The van der Waals surface area contributed by atoms with Crippen LogP contribution in [-0.4, -0.2) is 5.79 Å². The van der Waals surface area contributed by atoms with Gasteiger partial charge in [0, 0.05) is 30.5 Å². The van der Waals surface area contributed by atoms with Gasteiger partial charge in [-0.15, -0.1) is 11.3 Å². The van der Waals surface area contributed by atoms with Crippen LogP contribution in [-0.2, 0) is 0 Å². The lowest BCUT2D eigenvalue weighted by Crippen LogP contribution is -2.29. The first kappa shape index (κ1) is 12.4. The molecule has 0 aliphatic carbocycles. The van der Waals surface area contributed by atoms with E-state index in [0.29, 0.717) is 0 Å². The van der Waals surface area contributed by atoms with Gasteiger partial charge in [0.2, 0.25) is 5.79 Å². The summed E-state index contributed by atoms with van der Waals surface area (Å²) in [6.07, 6.45) is 0. The fourth-order valence-electron chi connectivity index (χ4n) is 2.17. The van der Waals surface area contributed by atoms with Crippen LogP contribution in [0.25, 0.3) is 0 Å². The third kappa shape index (κ3) is 2.54. The zero-order valence-electron chi connectivity index (χ0n) is 11.3. The van der Waals surface area contributed by atoms with Crippen molar-refractivity contribution in [1.82, 2.24) is 0 Å². The Morgan fingerprint density at radius 3 is 2.68 bits per heavy atom. The van der Waals surface area contributed by atoms with Crippen molar-refractivity contribution in [1.29, 1.82) is 0 Å². The molecule has 0 bridgehead atoms. The van der Waals surface area contributed by atoms with Gasteiger partial charge in [0.25, 0.3) is 0 Å². The zero-order valence-corrected chi connectivity index (χ0v) is 12.1. The van der Waals surface area contributed by atoms with Gasteiger partial charge in [-0.3, -0.25) is 0 Å². The Bertz CT molecular complexity index is 578. The Kier molecular flexibility index (Phi) is 2.90. The van der Waals surface area contributed by atoms with Crippen molar-refractivity contribution in [3.8, 4) is 11.5 Å². The standard InChI is InChI=1S/C15H17NO2S/c1-10(14-5-4-8-19-14)16-11-6-7-12-13(9-11)18-15(2,3)17-12/h4-10,16H,1-3H3. The summed E-state index contributed by atoms with van der Waals surface area (Å²) in [4.78, 5) is 1.32. The van der Waals surface area contributed by atoms with Gasteiger partial charge >= 0.3 is 0 Å². The average Bonchev–Trinajstić information content (AvgIpc) is 2.93. The molecule has 1 unspecified atom stereocenters. The highest BCUT2D eigenvalue weighted by Crippen LogP contribution is 2.41. The highest BCUT2D eigenvalue weighted by atomic mass is 32.1. The van der Waals surface area contributed by atoms with Crippen molar-refractivity contribution in [2.75, 3.05) is 5.32 Å². The van der Waals surface area contributed by atoms with Crippen molar-refractivity contribution < 1.29 is 9.47 Å². The molecule has 0 amide bonds. The summed E-state index contributed by atoms with van der Waals surface area (Å²) in [5.41, 5.74) is 1.04. The molecule has 2 aromatic rings. The molecule has 1 N–H and O–H groups in total. The average molecular weight is 275 g/mol. The lowest BCUT2D eigenvalue weighted by Gasteiger charge is -2.16. The van der Waals surface area contributed by atoms with Crippen LogP contribution in [0, 0.1) is 0 Å². The van der Waals surface area contributed by atoms with E-state index in [2.05, 4.69) is 29.8 Å². The third-order valence-corrected chi connectivity index (χ3v) is 4.06. The van der Waals surface area contributed by atoms with E-state index in [1.807, 2.05) is 32.0 Å². The Morgan fingerprint density at radius 1 is 1.16 bits per heavy atom. The molecule has 4 heteroatoms. The highest BCUT2D eigenvalue weighted by Gasteiger charge is 2.31. The molecule has 1 aliphatic rings. The molecule has 3 nitrogen and oxygen atoms in total. The zero-order chi connectivity index (χ0) is 13.5. The number of thiophene rings is 1. The van der Waals surface area contributed by atoms with Gasteiger partial charge in [-0.2, -0.15) is 0 Å². The molecule has 100 valence electrons. The Morgan fingerprint density at radius 2 is 1.95 bits per heavy atom. The second-order valence-electron chi connectivity index (χ2n) is 5.15. The Balaban J connectivity index is 1.77. The SMILES string of the molecule is CC(Nc1ccc2c(c1)OC(C)(C)O2)c1cccs1. The molecule has 0 fully saturated rings. The first-order valence-electron chi connectivity index (χ1n) is 6.35. The highest BCUT2D eigenvalue weighted by molar-refractivity contribution is 7.10. The largest absolute Gasteiger partial charge is 0.449 e. The maximum Gasteiger partial charge on any atom is 0.246 e. The molecule has 1 aromatic carbocycles. The van der Waals surface area contributed by atoms with Gasteiger partial charge in [0.15, 0.2) is 11.5 Å². The fraction of sp³-hybridized carbons (Fsp3) is 0.333. The van der Waals surface area contributed by atoms with Gasteiger partial charge in [0.1, 0.15) is 0 Å². The quantitative estimate of drug-likeness (QED) is 0.899. The number of ether oxygens (including phenoxy) is 2. The predicted molar refractivity (Wildman–Crippen MR) is 78.1 cm³/mol. The van der Waals surface area contributed by atoms with Crippen LogP contribution in [0.2, 0.25) is 0 Å². The normalized spacial score (nSPS) is 17.2. The van der Waals surface area contributed by atoms with Crippen molar-refractivity contribution in [2.45, 2.75) is 32.6 Å². The van der Waals surface area contributed by atoms with Crippen molar-refractivity contribution >= 4 is 17.0 Å². The molecule has 1 aliphatic heterocycles. The molecule has 0 spiro atoms. The van der Waals surface area contributed by atoms with Gasteiger partial charge in [-0.05, 0) is 30.5 Å². The summed E-state index contributed by atoms with van der Waals surface area (Å²) < 4.78 is 11.4. The number of fused-ring (bicyclic) bond motifs is 1. The maximum absolute atomic E-state index is 5.75. The Labute approximate surface area is 117 Å². The minimum absolute atomic E-state index is 0.286. The second-order valence-corrected chi connectivity index (χ2v) is 6.13. The summed E-state index contributed by atoms with van der Waals surface area (Å²) in [7, 11) is 0. The van der Waals surface area contributed by atoms with Crippen LogP contribution in [0.3, 0.4) is 0 Å². The Hall–Kier alpha value is -1.68. The van der Waals surface area contributed by atoms with Crippen LogP contribution < -0.4 is 14.8 Å². The molecule has 0 saturated heterocycles. The summed E-state index contributed by atoms with van der Waals surface area (Å²) >= 11 is 1.76. The molecular weight excluding hydrogens is 258 g/mol. The van der Waals surface area contributed by atoms with Crippen molar-refractivity contribution in [2.24, 2.45) is 0 Å². The van der Waals surface area contributed by atoms with E-state index in [9.17, 15) is 0 Å². The van der Waals surface area contributed by atoms with E-state index in [1.54, 1.807) is 11.3 Å². The van der Waals surface area contributed by atoms with Crippen LogP contribution in [0.4, 0.5) is 5.69 Å². The summed E-state index contributed by atoms with van der Waals surface area (Å²) in [6, 6.07) is 10.5. The van der Waals surface area contributed by atoms with E-state index in [4.69, 9.17) is 9.47 Å². The maximum atomic E-state index is 5.75. The number of benzene rings is 1. The van der Waals surface area contributed by atoms with Gasteiger partial charge in [-0.25, -0.2) is 0 Å². The van der Waals surface area contributed by atoms with Crippen LogP contribution in [0.1, 0.15) is 31.7 Å². The van der Waals surface area contributed by atoms with Crippen LogP contribution >= 0.6 is 11.3 Å². The van der Waals surface area contributed by atoms with Crippen LogP contribution in [0.5, 0.6) is 11.5 Å². The lowest BCUT2D eigenvalue weighted by atomic mass is 10.2. The fourth-order valence-corrected chi connectivity index (χ4v) is 2.91. The number of nitrogens with one attached hydrogen (secondary N) is 1. The minimum atomic E-state index is -0.569. The first-order chi connectivity index (χ1) is 9.03. The van der Waals surface area contributed by atoms with E-state index >= 15 is 0 Å². The molecule has 3 rings (SSSR count). The molecular formula is C15H17NO2S. The monoisotopic (exact) mass is 275 g/mol. The molecule has 1 atom stereocenters. The number of anilines is 1. The smallest absolute Gasteiger partial charge is 0.246 e. The topological polar surface area (TPSA) is 30.5 Å². The molecule has 19 heavy (non-hydrogen) atoms. The first-order valence-corrected chi connectivity index (χ1v) is 7.23. The summed E-state index contributed by atoms with van der Waals surface area (Å²) in [5, 5.41) is 5.57. The van der Waals surface area contributed by atoms with Gasteiger partial charge in [-0.1, -0.05) is 6.07 Å². The third-order valence-electron chi connectivity index (χ3n) is 3.01. The number of hydrogen-bond donors (Lipinski definition) is 1. The van der Waals surface area contributed by atoms with E-state index in [0.717, 1.165) is 17.2 Å². The van der Waals surface area contributed by atoms with Gasteiger partial charge in [0.05, 0.1) is 6.04 Å². The number of rotatable bonds is 3. The number of hydrogen-bond acceptors (Lipinski definition) is 4. The molecule has 0 saturated carbocycles. The van der Waals surface area contributed by atoms with E-state index in [-0.39, 0.29) is 6.04 Å². The minimum Gasteiger partial charge on any atom is -0.449 e. The lowest BCUT2D eigenvalue weighted by molar-refractivity contribution is -0.0431. The van der Waals surface area contributed by atoms with Crippen molar-refractivity contribution in [3.63, 3.8) is 0 Å².